The molecule has 0 heterocycles. The van der Waals surface area contributed by atoms with E-state index in [4.69, 9.17) is 4.74 Å². The highest BCUT2D eigenvalue weighted by Gasteiger charge is 2.17. The van der Waals surface area contributed by atoms with Crippen molar-refractivity contribution < 1.29 is 14.3 Å². The molecule has 0 bridgehead atoms. The van der Waals surface area contributed by atoms with Gasteiger partial charge in [-0.05, 0) is 40.0 Å². The van der Waals surface area contributed by atoms with Crippen LogP contribution in [0.4, 0.5) is 4.79 Å². The Bertz CT molecular complexity index is 282. The summed E-state index contributed by atoms with van der Waals surface area (Å²) in [6.45, 7) is 11.4. The Balaban J connectivity index is 3.87. The molecule has 0 rings (SSSR count). The van der Waals surface area contributed by atoms with Crippen LogP contribution in [-0.2, 0) is 9.53 Å². The predicted molar refractivity (Wildman–Crippen MR) is 71.3 cm³/mol. The SMILES string of the molecule is CC(C)CC(C)NC(=O)CNC(=O)OC(C)(C)C. The maximum absolute atomic E-state index is 11.5. The van der Waals surface area contributed by atoms with E-state index >= 15 is 0 Å². The molecule has 1 atom stereocenters. The number of alkyl carbamates (subject to hydrolysis) is 1. The molecule has 0 aromatic rings. The van der Waals surface area contributed by atoms with Crippen LogP contribution in [0.2, 0.25) is 0 Å². The van der Waals surface area contributed by atoms with E-state index in [2.05, 4.69) is 24.5 Å². The van der Waals surface area contributed by atoms with E-state index in [-0.39, 0.29) is 18.5 Å². The fourth-order valence-corrected chi connectivity index (χ4v) is 1.56. The van der Waals surface area contributed by atoms with Gasteiger partial charge in [0.25, 0.3) is 0 Å². The van der Waals surface area contributed by atoms with Crippen LogP contribution < -0.4 is 10.6 Å². The molecule has 5 heteroatoms. The summed E-state index contributed by atoms with van der Waals surface area (Å²) in [5.41, 5.74) is -0.550. The van der Waals surface area contributed by atoms with Crippen molar-refractivity contribution in [3.8, 4) is 0 Å². The molecule has 0 saturated carbocycles. The summed E-state index contributed by atoms with van der Waals surface area (Å²) in [5, 5.41) is 5.24. The summed E-state index contributed by atoms with van der Waals surface area (Å²) >= 11 is 0. The largest absolute Gasteiger partial charge is 0.444 e. The average molecular weight is 258 g/mol. The van der Waals surface area contributed by atoms with Crippen LogP contribution >= 0.6 is 0 Å². The van der Waals surface area contributed by atoms with Crippen molar-refractivity contribution in [3.63, 3.8) is 0 Å². The van der Waals surface area contributed by atoms with Crippen molar-refractivity contribution >= 4 is 12.0 Å². The highest BCUT2D eigenvalue weighted by Crippen LogP contribution is 2.06. The van der Waals surface area contributed by atoms with E-state index in [9.17, 15) is 9.59 Å². The molecule has 18 heavy (non-hydrogen) atoms. The first-order chi connectivity index (χ1) is 8.10. The second-order valence-corrected chi connectivity index (χ2v) is 5.95. The Hall–Kier alpha value is -1.26. The highest BCUT2D eigenvalue weighted by molar-refractivity contribution is 5.82. The molecule has 2 amide bonds. The Morgan fingerprint density at radius 3 is 2.17 bits per heavy atom. The first-order valence-electron chi connectivity index (χ1n) is 6.36. The number of hydrogen-bond donors (Lipinski definition) is 2. The maximum atomic E-state index is 11.5. The van der Waals surface area contributed by atoms with Gasteiger partial charge in [0.05, 0.1) is 0 Å². The number of carbonyl (C=O) groups excluding carboxylic acids is 2. The maximum Gasteiger partial charge on any atom is 0.408 e. The molecule has 0 aliphatic carbocycles. The molecule has 0 fully saturated rings. The molecule has 0 aliphatic heterocycles. The van der Waals surface area contributed by atoms with Crippen LogP contribution in [0.5, 0.6) is 0 Å². The molecule has 2 N–H and O–H groups in total. The van der Waals surface area contributed by atoms with Crippen molar-refractivity contribution in [3.05, 3.63) is 0 Å². The standard InChI is InChI=1S/C13H26N2O3/c1-9(2)7-10(3)15-11(16)8-14-12(17)18-13(4,5)6/h9-10H,7-8H2,1-6H3,(H,14,17)(H,15,16). The minimum atomic E-state index is -0.575. The normalized spacial score (nSPS) is 13.1. The molecule has 0 spiro atoms. The zero-order valence-electron chi connectivity index (χ0n) is 12.3. The number of amides is 2. The molecule has 0 aromatic heterocycles. The van der Waals surface area contributed by atoms with Gasteiger partial charge in [-0.2, -0.15) is 0 Å². The monoisotopic (exact) mass is 258 g/mol. The lowest BCUT2D eigenvalue weighted by Gasteiger charge is -2.20. The van der Waals surface area contributed by atoms with Crippen molar-refractivity contribution in [2.45, 2.75) is 59.6 Å². The fraction of sp³-hybridized carbons (Fsp3) is 0.846. The van der Waals surface area contributed by atoms with Crippen LogP contribution in [-0.4, -0.2) is 30.2 Å². The minimum absolute atomic E-state index is 0.0582. The molecular formula is C13H26N2O3. The third kappa shape index (κ3) is 9.93. The van der Waals surface area contributed by atoms with E-state index in [0.717, 1.165) is 6.42 Å². The fourth-order valence-electron chi connectivity index (χ4n) is 1.56. The second-order valence-electron chi connectivity index (χ2n) is 5.95. The van der Waals surface area contributed by atoms with Crippen LogP contribution in [0, 0.1) is 5.92 Å². The summed E-state index contributed by atoms with van der Waals surface area (Å²) in [6, 6.07) is 0.109. The molecule has 0 aliphatic rings. The molecule has 106 valence electrons. The van der Waals surface area contributed by atoms with E-state index in [1.54, 1.807) is 20.8 Å². The summed E-state index contributed by atoms with van der Waals surface area (Å²) in [4.78, 5) is 22.8. The summed E-state index contributed by atoms with van der Waals surface area (Å²) in [5.74, 6) is 0.327. The third-order valence-corrected chi connectivity index (χ3v) is 2.02. The lowest BCUT2D eigenvalue weighted by molar-refractivity contribution is -0.120. The number of ether oxygens (including phenoxy) is 1. The summed E-state index contributed by atoms with van der Waals surface area (Å²) in [7, 11) is 0. The Kier molecular flexibility index (Phi) is 6.73. The van der Waals surface area contributed by atoms with Crippen molar-refractivity contribution in [1.82, 2.24) is 10.6 Å². The van der Waals surface area contributed by atoms with E-state index in [0.29, 0.717) is 5.92 Å². The van der Waals surface area contributed by atoms with Crippen LogP contribution in [0.25, 0.3) is 0 Å². The Morgan fingerprint density at radius 2 is 1.72 bits per heavy atom. The van der Waals surface area contributed by atoms with E-state index in [1.807, 2.05) is 6.92 Å². The Morgan fingerprint density at radius 1 is 1.17 bits per heavy atom. The molecule has 1 unspecified atom stereocenters. The van der Waals surface area contributed by atoms with E-state index in [1.165, 1.54) is 0 Å². The third-order valence-electron chi connectivity index (χ3n) is 2.02. The van der Waals surface area contributed by atoms with Gasteiger partial charge in [-0.1, -0.05) is 13.8 Å². The first-order valence-corrected chi connectivity index (χ1v) is 6.36. The van der Waals surface area contributed by atoms with Crippen molar-refractivity contribution in [2.24, 2.45) is 5.92 Å². The molecule has 0 saturated heterocycles. The van der Waals surface area contributed by atoms with Gasteiger partial charge in [-0.3, -0.25) is 4.79 Å². The number of carbonyl (C=O) groups is 2. The quantitative estimate of drug-likeness (QED) is 0.793. The number of nitrogens with one attached hydrogen (secondary N) is 2. The predicted octanol–water partition coefficient (Wildman–Crippen LogP) is 2.06. The van der Waals surface area contributed by atoms with Gasteiger partial charge in [0, 0.05) is 6.04 Å². The molecule has 5 nitrogen and oxygen atoms in total. The van der Waals surface area contributed by atoms with E-state index < -0.39 is 11.7 Å². The van der Waals surface area contributed by atoms with Gasteiger partial charge >= 0.3 is 6.09 Å². The topological polar surface area (TPSA) is 67.4 Å². The van der Waals surface area contributed by atoms with Crippen molar-refractivity contribution in [2.75, 3.05) is 6.54 Å². The second kappa shape index (κ2) is 7.24. The van der Waals surface area contributed by atoms with Gasteiger partial charge < -0.3 is 15.4 Å². The lowest BCUT2D eigenvalue weighted by atomic mass is 10.1. The molecule has 0 aromatic carbocycles. The summed E-state index contributed by atoms with van der Waals surface area (Å²) in [6.07, 6.45) is 0.340. The van der Waals surface area contributed by atoms with Gasteiger partial charge in [0.15, 0.2) is 0 Å². The van der Waals surface area contributed by atoms with Crippen molar-refractivity contribution in [1.29, 1.82) is 0 Å². The first kappa shape index (κ1) is 16.7. The van der Waals surface area contributed by atoms with Gasteiger partial charge in [-0.15, -0.1) is 0 Å². The molecular weight excluding hydrogens is 232 g/mol. The summed E-state index contributed by atoms with van der Waals surface area (Å²) < 4.78 is 5.03. The molecule has 0 radical (unpaired) electrons. The minimum Gasteiger partial charge on any atom is -0.444 e. The number of rotatable bonds is 5. The average Bonchev–Trinajstić information content (AvgIpc) is 2.10. The van der Waals surface area contributed by atoms with Gasteiger partial charge in [0.2, 0.25) is 5.91 Å². The Labute approximate surface area is 110 Å². The van der Waals surface area contributed by atoms with Crippen LogP contribution in [0.3, 0.4) is 0 Å². The highest BCUT2D eigenvalue weighted by atomic mass is 16.6. The van der Waals surface area contributed by atoms with Gasteiger partial charge in [0.1, 0.15) is 12.1 Å². The smallest absolute Gasteiger partial charge is 0.408 e. The zero-order valence-corrected chi connectivity index (χ0v) is 12.3. The lowest BCUT2D eigenvalue weighted by Crippen LogP contribution is -2.42. The van der Waals surface area contributed by atoms with Crippen LogP contribution in [0.15, 0.2) is 0 Å². The zero-order chi connectivity index (χ0) is 14.3. The van der Waals surface area contributed by atoms with Crippen LogP contribution in [0.1, 0.15) is 48.0 Å². The number of hydrogen-bond acceptors (Lipinski definition) is 3. The van der Waals surface area contributed by atoms with Gasteiger partial charge in [-0.25, -0.2) is 4.79 Å².